The molecule has 2 nitrogen and oxygen atoms in total. The molecule has 1 aliphatic rings. The molecule has 2 heteroatoms. The number of nitrogens with one attached hydrogen (secondary N) is 1. The Balaban J connectivity index is 1.75. The van der Waals surface area contributed by atoms with Gasteiger partial charge in [0.25, 0.3) is 0 Å². The van der Waals surface area contributed by atoms with Crippen molar-refractivity contribution < 1.29 is 4.84 Å². The summed E-state index contributed by atoms with van der Waals surface area (Å²) in [7, 11) is 0. The van der Waals surface area contributed by atoms with E-state index in [1.807, 2.05) is 12.3 Å². The van der Waals surface area contributed by atoms with Crippen LogP contribution >= 0.6 is 0 Å². The Bertz CT molecular complexity index is 1430. The van der Waals surface area contributed by atoms with Crippen LogP contribution in [0.5, 0.6) is 0 Å². The third-order valence-electron chi connectivity index (χ3n) is 7.01. The average molecular weight is 478 g/mol. The van der Waals surface area contributed by atoms with Crippen LogP contribution in [0.1, 0.15) is 27.8 Å². The minimum Gasteiger partial charge on any atom is -0.390 e. The largest absolute Gasteiger partial charge is 0.390 e. The van der Waals surface area contributed by atoms with Crippen molar-refractivity contribution in [2.75, 3.05) is 0 Å². The molecule has 6 rings (SSSR count). The van der Waals surface area contributed by atoms with E-state index in [9.17, 15) is 0 Å². The predicted molar refractivity (Wildman–Crippen MR) is 151 cm³/mol. The molecule has 1 heterocycles. The third-order valence-corrected chi connectivity index (χ3v) is 7.01. The molecule has 37 heavy (non-hydrogen) atoms. The van der Waals surface area contributed by atoms with E-state index in [0.717, 1.165) is 28.0 Å². The van der Waals surface area contributed by atoms with Gasteiger partial charge in [0, 0.05) is 16.7 Å². The summed E-state index contributed by atoms with van der Waals surface area (Å²) in [6.07, 6.45) is 1.89. The van der Waals surface area contributed by atoms with Crippen molar-refractivity contribution in [2.24, 2.45) is 0 Å². The number of hydrogen-bond donors (Lipinski definition) is 1. The smallest absolute Gasteiger partial charge is 0.124 e. The first kappa shape index (κ1) is 22.6. The topological polar surface area (TPSA) is 21.3 Å². The van der Waals surface area contributed by atoms with E-state index in [-0.39, 0.29) is 0 Å². The molecule has 0 aromatic heterocycles. The summed E-state index contributed by atoms with van der Waals surface area (Å²) in [5.41, 5.74) is 11.4. The van der Waals surface area contributed by atoms with Gasteiger partial charge in [-0.25, -0.2) is 5.48 Å². The molecule has 0 fully saturated rings. The van der Waals surface area contributed by atoms with Crippen molar-refractivity contribution >= 4 is 11.3 Å². The lowest BCUT2D eigenvalue weighted by atomic mass is 9.62. The molecule has 5 aromatic rings. The average Bonchev–Trinajstić information content (AvgIpc) is 3.00. The molecule has 178 valence electrons. The van der Waals surface area contributed by atoms with Crippen LogP contribution in [0.3, 0.4) is 0 Å². The monoisotopic (exact) mass is 477 g/mol. The van der Waals surface area contributed by atoms with Gasteiger partial charge in [0.1, 0.15) is 6.26 Å². The lowest BCUT2D eigenvalue weighted by Crippen LogP contribution is -2.35. The van der Waals surface area contributed by atoms with Gasteiger partial charge >= 0.3 is 0 Å². The Morgan fingerprint density at radius 3 is 1.24 bits per heavy atom. The van der Waals surface area contributed by atoms with Crippen molar-refractivity contribution in [1.29, 1.82) is 0 Å². The maximum absolute atomic E-state index is 6.10. The van der Waals surface area contributed by atoms with E-state index in [1.165, 1.54) is 16.7 Å². The molecule has 5 aromatic carbocycles. The summed E-state index contributed by atoms with van der Waals surface area (Å²) >= 11 is 0. The molecule has 0 amide bonds. The molecule has 0 aliphatic carbocycles. The second-order valence-corrected chi connectivity index (χ2v) is 9.08. The fraction of sp³-hybridized carbons (Fsp3) is 0.0286. The summed E-state index contributed by atoms with van der Waals surface area (Å²) in [5.74, 6) is 0. The van der Waals surface area contributed by atoms with E-state index < -0.39 is 5.41 Å². The normalized spacial score (nSPS) is 13.4. The first-order chi connectivity index (χ1) is 18.4. The van der Waals surface area contributed by atoms with E-state index in [2.05, 4.69) is 151 Å². The fourth-order valence-corrected chi connectivity index (χ4v) is 5.41. The Morgan fingerprint density at radius 2 is 0.811 bits per heavy atom. The zero-order chi connectivity index (χ0) is 24.9. The highest BCUT2D eigenvalue weighted by Crippen LogP contribution is 2.52. The minimum absolute atomic E-state index is 0.628. The number of hydrogen-bond acceptors (Lipinski definition) is 2. The molecule has 0 radical (unpaired) electrons. The summed E-state index contributed by atoms with van der Waals surface area (Å²) in [4.78, 5) is 6.10. The lowest BCUT2D eigenvalue weighted by Gasteiger charge is -2.41. The standard InChI is InChI=1S/C35H27NO/c1-6-16-27(17-7-1)33-32(26-37-36-34(33)28-18-8-2-9-19-28)35(29-20-10-3-11-21-29,30-22-12-4-13-23-30)31-24-14-5-15-25-31/h1-26,36H. The maximum Gasteiger partial charge on any atom is 0.124 e. The van der Waals surface area contributed by atoms with Gasteiger partial charge in [0.05, 0.1) is 11.1 Å². The number of rotatable bonds is 6. The maximum atomic E-state index is 6.10. The van der Waals surface area contributed by atoms with Crippen LogP contribution in [0.2, 0.25) is 0 Å². The second kappa shape index (κ2) is 10.0. The Hall–Kier alpha value is -4.82. The highest BCUT2D eigenvalue weighted by Gasteiger charge is 2.44. The summed E-state index contributed by atoms with van der Waals surface area (Å²) < 4.78 is 0. The molecule has 0 saturated carbocycles. The summed E-state index contributed by atoms with van der Waals surface area (Å²) in [6, 6.07) is 53.2. The van der Waals surface area contributed by atoms with Crippen LogP contribution < -0.4 is 5.48 Å². The highest BCUT2D eigenvalue weighted by molar-refractivity contribution is 6.00. The van der Waals surface area contributed by atoms with Crippen molar-refractivity contribution in [3.8, 4) is 0 Å². The zero-order valence-electron chi connectivity index (χ0n) is 20.4. The van der Waals surface area contributed by atoms with Crippen LogP contribution in [-0.2, 0) is 10.3 Å². The van der Waals surface area contributed by atoms with E-state index in [1.54, 1.807) is 0 Å². The molecule has 1 N–H and O–H groups in total. The van der Waals surface area contributed by atoms with Crippen LogP contribution in [0, 0.1) is 0 Å². The molecule has 0 saturated heterocycles. The highest BCUT2D eigenvalue weighted by atomic mass is 16.6. The Morgan fingerprint density at radius 1 is 0.432 bits per heavy atom. The van der Waals surface area contributed by atoms with Gasteiger partial charge in [-0.2, -0.15) is 0 Å². The van der Waals surface area contributed by atoms with Crippen LogP contribution in [0.25, 0.3) is 11.3 Å². The predicted octanol–water partition coefficient (Wildman–Crippen LogP) is 8.01. The van der Waals surface area contributed by atoms with Gasteiger partial charge < -0.3 is 4.84 Å². The molecule has 0 bridgehead atoms. The molecular weight excluding hydrogens is 450 g/mol. The van der Waals surface area contributed by atoms with Gasteiger partial charge in [-0.1, -0.05) is 152 Å². The van der Waals surface area contributed by atoms with Crippen molar-refractivity contribution in [3.05, 3.63) is 191 Å². The van der Waals surface area contributed by atoms with Crippen LogP contribution in [-0.4, -0.2) is 0 Å². The molecule has 0 unspecified atom stereocenters. The summed E-state index contributed by atoms with van der Waals surface area (Å²) in [6.45, 7) is 0. The zero-order valence-corrected chi connectivity index (χ0v) is 20.4. The van der Waals surface area contributed by atoms with Crippen molar-refractivity contribution in [2.45, 2.75) is 5.41 Å². The van der Waals surface area contributed by atoms with E-state index >= 15 is 0 Å². The quantitative estimate of drug-likeness (QED) is 0.250. The second-order valence-electron chi connectivity index (χ2n) is 9.08. The first-order valence-corrected chi connectivity index (χ1v) is 12.5. The number of allylic oxidation sites excluding steroid dienone is 2. The minimum atomic E-state index is -0.628. The number of benzene rings is 5. The van der Waals surface area contributed by atoms with Crippen LogP contribution in [0.4, 0.5) is 0 Å². The number of hydroxylamine groups is 1. The van der Waals surface area contributed by atoms with Crippen molar-refractivity contribution in [1.82, 2.24) is 5.48 Å². The molecule has 0 spiro atoms. The van der Waals surface area contributed by atoms with Gasteiger partial charge in [0.15, 0.2) is 0 Å². The van der Waals surface area contributed by atoms with E-state index in [4.69, 9.17) is 4.84 Å². The molecule has 1 aliphatic heterocycles. The van der Waals surface area contributed by atoms with Crippen molar-refractivity contribution in [3.63, 3.8) is 0 Å². The Labute approximate surface area is 218 Å². The molecule has 0 atom stereocenters. The lowest BCUT2D eigenvalue weighted by molar-refractivity contribution is 0.178. The molecular formula is C35H27NO. The van der Waals surface area contributed by atoms with E-state index in [0.29, 0.717) is 0 Å². The van der Waals surface area contributed by atoms with Gasteiger partial charge in [0.2, 0.25) is 0 Å². The summed E-state index contributed by atoms with van der Waals surface area (Å²) in [5, 5.41) is 0. The SMILES string of the molecule is C1=C(C(c2ccccc2)(c2ccccc2)c2ccccc2)C(c2ccccc2)=C(c2ccccc2)NO1. The fourth-order valence-electron chi connectivity index (χ4n) is 5.41. The van der Waals surface area contributed by atoms with Gasteiger partial charge in [-0.15, -0.1) is 0 Å². The van der Waals surface area contributed by atoms with Gasteiger partial charge in [-0.3, -0.25) is 0 Å². The first-order valence-electron chi connectivity index (χ1n) is 12.5. The Kier molecular flexibility index (Phi) is 6.14. The van der Waals surface area contributed by atoms with Gasteiger partial charge in [-0.05, 0) is 22.3 Å². The van der Waals surface area contributed by atoms with Crippen LogP contribution in [0.15, 0.2) is 163 Å². The third kappa shape index (κ3) is 4.03.